The smallest absolute Gasteiger partial charge is 0.310 e. The number of anilines is 1. The van der Waals surface area contributed by atoms with Crippen molar-refractivity contribution in [1.29, 1.82) is 0 Å². The molecule has 1 rings (SSSR count). The van der Waals surface area contributed by atoms with Gasteiger partial charge in [0.25, 0.3) is 0 Å². The van der Waals surface area contributed by atoms with Crippen molar-refractivity contribution in [3.05, 3.63) is 29.8 Å². The zero-order chi connectivity index (χ0) is 14.3. The predicted octanol–water partition coefficient (Wildman–Crippen LogP) is 1.89. The van der Waals surface area contributed by atoms with Gasteiger partial charge in [0.05, 0.1) is 13.0 Å². The fourth-order valence-corrected chi connectivity index (χ4v) is 1.64. The van der Waals surface area contributed by atoms with Gasteiger partial charge in [0.1, 0.15) is 0 Å². The fourth-order valence-electron chi connectivity index (χ4n) is 1.64. The zero-order valence-corrected chi connectivity index (χ0v) is 12.5. The standard InChI is InChI=1S/C14H20N2O3.ClH/c1-3-19-14(18)9-11-5-4-6-12(8-11)16-13(17)7-10(2)15;/h4-6,8,10H,3,7,9,15H2,1-2H3,(H,16,17);1H. The molecule has 1 aromatic carbocycles. The summed E-state index contributed by atoms with van der Waals surface area (Å²) in [7, 11) is 0. The van der Waals surface area contributed by atoms with Gasteiger partial charge < -0.3 is 15.8 Å². The molecule has 6 heteroatoms. The van der Waals surface area contributed by atoms with E-state index in [-0.39, 0.29) is 43.2 Å². The molecule has 1 unspecified atom stereocenters. The van der Waals surface area contributed by atoms with Gasteiger partial charge >= 0.3 is 5.97 Å². The van der Waals surface area contributed by atoms with Crippen LogP contribution in [0.2, 0.25) is 0 Å². The molecule has 0 fully saturated rings. The highest BCUT2D eigenvalue weighted by Gasteiger charge is 2.07. The van der Waals surface area contributed by atoms with Crippen LogP contribution in [0.15, 0.2) is 24.3 Å². The third kappa shape index (κ3) is 7.11. The summed E-state index contributed by atoms with van der Waals surface area (Å²) in [5.41, 5.74) is 7.02. The lowest BCUT2D eigenvalue weighted by atomic mass is 10.1. The molecule has 0 bridgehead atoms. The van der Waals surface area contributed by atoms with Gasteiger partial charge in [-0.05, 0) is 31.5 Å². The normalized spacial score (nSPS) is 11.2. The Morgan fingerprint density at radius 2 is 2.10 bits per heavy atom. The first-order valence-electron chi connectivity index (χ1n) is 6.31. The number of carbonyl (C=O) groups is 2. The molecule has 0 saturated carbocycles. The van der Waals surface area contributed by atoms with E-state index in [9.17, 15) is 9.59 Å². The Kier molecular flexibility index (Phi) is 8.59. The quantitative estimate of drug-likeness (QED) is 0.786. The molecule has 1 amide bonds. The number of benzene rings is 1. The lowest BCUT2D eigenvalue weighted by Crippen LogP contribution is -2.24. The van der Waals surface area contributed by atoms with Crippen LogP contribution in [-0.2, 0) is 20.7 Å². The summed E-state index contributed by atoms with van der Waals surface area (Å²) in [5, 5.41) is 2.75. The number of ether oxygens (including phenoxy) is 1. The Labute approximate surface area is 125 Å². The summed E-state index contributed by atoms with van der Waals surface area (Å²) < 4.78 is 4.88. The lowest BCUT2D eigenvalue weighted by molar-refractivity contribution is -0.142. The average molecular weight is 301 g/mol. The second kappa shape index (κ2) is 9.34. The number of hydrogen-bond donors (Lipinski definition) is 2. The van der Waals surface area contributed by atoms with Crippen molar-refractivity contribution in [1.82, 2.24) is 0 Å². The highest BCUT2D eigenvalue weighted by molar-refractivity contribution is 5.91. The van der Waals surface area contributed by atoms with Gasteiger partial charge in [-0.2, -0.15) is 0 Å². The van der Waals surface area contributed by atoms with E-state index in [4.69, 9.17) is 10.5 Å². The van der Waals surface area contributed by atoms with Crippen LogP contribution in [-0.4, -0.2) is 24.5 Å². The molecular formula is C14H21ClN2O3. The van der Waals surface area contributed by atoms with Crippen LogP contribution in [0.25, 0.3) is 0 Å². The Hall–Kier alpha value is -1.59. The second-order valence-electron chi connectivity index (χ2n) is 4.41. The fraction of sp³-hybridized carbons (Fsp3) is 0.429. The minimum Gasteiger partial charge on any atom is -0.466 e. The first kappa shape index (κ1) is 18.4. The van der Waals surface area contributed by atoms with Gasteiger partial charge in [-0.15, -0.1) is 12.4 Å². The van der Waals surface area contributed by atoms with E-state index in [1.807, 2.05) is 6.07 Å². The van der Waals surface area contributed by atoms with E-state index in [0.29, 0.717) is 12.3 Å². The monoisotopic (exact) mass is 300 g/mol. The Morgan fingerprint density at radius 3 is 2.70 bits per heavy atom. The highest BCUT2D eigenvalue weighted by Crippen LogP contribution is 2.12. The lowest BCUT2D eigenvalue weighted by Gasteiger charge is -2.08. The maximum atomic E-state index is 11.6. The van der Waals surface area contributed by atoms with Crippen molar-refractivity contribution < 1.29 is 14.3 Å². The predicted molar refractivity (Wildman–Crippen MR) is 80.9 cm³/mol. The van der Waals surface area contributed by atoms with Gasteiger partial charge in [0.2, 0.25) is 5.91 Å². The molecule has 0 spiro atoms. The molecule has 0 aliphatic heterocycles. The molecule has 20 heavy (non-hydrogen) atoms. The third-order valence-electron chi connectivity index (χ3n) is 2.37. The van der Waals surface area contributed by atoms with Gasteiger partial charge in [0, 0.05) is 18.2 Å². The van der Waals surface area contributed by atoms with Crippen LogP contribution in [0.3, 0.4) is 0 Å². The average Bonchev–Trinajstić information content (AvgIpc) is 2.28. The summed E-state index contributed by atoms with van der Waals surface area (Å²) in [5.74, 6) is -0.412. The highest BCUT2D eigenvalue weighted by atomic mass is 35.5. The van der Waals surface area contributed by atoms with E-state index in [0.717, 1.165) is 5.56 Å². The van der Waals surface area contributed by atoms with Crippen LogP contribution in [0.5, 0.6) is 0 Å². The Balaban J connectivity index is 0.00000361. The molecule has 1 atom stereocenters. The Morgan fingerprint density at radius 1 is 1.40 bits per heavy atom. The molecular weight excluding hydrogens is 280 g/mol. The summed E-state index contributed by atoms with van der Waals surface area (Å²) >= 11 is 0. The van der Waals surface area contributed by atoms with Crippen molar-refractivity contribution in [2.45, 2.75) is 32.7 Å². The van der Waals surface area contributed by atoms with Crippen LogP contribution in [0.4, 0.5) is 5.69 Å². The molecule has 0 aliphatic rings. The van der Waals surface area contributed by atoms with E-state index in [2.05, 4.69) is 5.32 Å². The molecule has 1 aromatic rings. The van der Waals surface area contributed by atoms with Crippen molar-refractivity contribution in [3.8, 4) is 0 Å². The van der Waals surface area contributed by atoms with Crippen LogP contribution >= 0.6 is 12.4 Å². The summed E-state index contributed by atoms with van der Waals surface area (Å²) in [4.78, 5) is 22.9. The molecule has 5 nitrogen and oxygen atoms in total. The maximum Gasteiger partial charge on any atom is 0.310 e. The number of hydrogen-bond acceptors (Lipinski definition) is 4. The molecule has 3 N–H and O–H groups in total. The van der Waals surface area contributed by atoms with Crippen LogP contribution in [0.1, 0.15) is 25.8 Å². The maximum absolute atomic E-state index is 11.6. The molecule has 0 aromatic heterocycles. The van der Waals surface area contributed by atoms with Gasteiger partial charge in [-0.1, -0.05) is 12.1 Å². The Bertz CT molecular complexity index is 450. The van der Waals surface area contributed by atoms with E-state index in [1.165, 1.54) is 0 Å². The van der Waals surface area contributed by atoms with E-state index >= 15 is 0 Å². The number of esters is 1. The van der Waals surface area contributed by atoms with Crippen LogP contribution < -0.4 is 11.1 Å². The molecule has 0 radical (unpaired) electrons. The zero-order valence-electron chi connectivity index (χ0n) is 11.7. The summed E-state index contributed by atoms with van der Waals surface area (Å²) in [6, 6.07) is 6.96. The molecule has 0 aliphatic carbocycles. The number of nitrogens with one attached hydrogen (secondary N) is 1. The number of nitrogens with two attached hydrogens (primary N) is 1. The second-order valence-corrected chi connectivity index (χ2v) is 4.41. The van der Waals surface area contributed by atoms with Crippen molar-refractivity contribution in [3.63, 3.8) is 0 Å². The number of halogens is 1. The first-order valence-corrected chi connectivity index (χ1v) is 6.31. The van der Waals surface area contributed by atoms with E-state index < -0.39 is 0 Å². The molecule has 112 valence electrons. The minimum absolute atomic E-state index is 0. The summed E-state index contributed by atoms with van der Waals surface area (Å²) in [6.45, 7) is 3.91. The molecule has 0 saturated heterocycles. The first-order chi connectivity index (χ1) is 9.01. The molecule has 0 heterocycles. The topological polar surface area (TPSA) is 81.4 Å². The van der Waals surface area contributed by atoms with E-state index in [1.54, 1.807) is 32.0 Å². The van der Waals surface area contributed by atoms with Crippen molar-refractivity contribution in [2.24, 2.45) is 5.73 Å². The number of carbonyl (C=O) groups excluding carboxylic acids is 2. The van der Waals surface area contributed by atoms with Crippen molar-refractivity contribution >= 4 is 30.0 Å². The minimum atomic E-state index is -0.276. The number of amides is 1. The van der Waals surface area contributed by atoms with Gasteiger partial charge in [0.15, 0.2) is 0 Å². The summed E-state index contributed by atoms with van der Waals surface area (Å²) in [6.07, 6.45) is 0.465. The van der Waals surface area contributed by atoms with Gasteiger partial charge in [-0.3, -0.25) is 9.59 Å². The third-order valence-corrected chi connectivity index (χ3v) is 2.37. The SMILES string of the molecule is CCOC(=O)Cc1cccc(NC(=O)CC(C)N)c1.Cl. The number of rotatable bonds is 6. The largest absolute Gasteiger partial charge is 0.466 e. The van der Waals surface area contributed by atoms with Crippen molar-refractivity contribution in [2.75, 3.05) is 11.9 Å². The van der Waals surface area contributed by atoms with Gasteiger partial charge in [-0.25, -0.2) is 0 Å². The van der Waals surface area contributed by atoms with Crippen LogP contribution in [0, 0.1) is 0 Å².